The zero-order chi connectivity index (χ0) is 11.3. The van der Waals surface area contributed by atoms with E-state index in [9.17, 15) is 0 Å². The van der Waals surface area contributed by atoms with Gasteiger partial charge < -0.3 is 0 Å². The molecule has 0 radical (unpaired) electrons. The summed E-state index contributed by atoms with van der Waals surface area (Å²) in [6.07, 6.45) is 1.85. The van der Waals surface area contributed by atoms with Crippen molar-refractivity contribution >= 4 is 11.0 Å². The second-order valence-corrected chi connectivity index (χ2v) is 3.44. The topological polar surface area (TPSA) is 25.8 Å². The molecule has 0 saturated carbocycles. The van der Waals surface area contributed by atoms with Crippen molar-refractivity contribution < 1.29 is 0 Å². The van der Waals surface area contributed by atoms with E-state index in [4.69, 9.17) is 0 Å². The van der Waals surface area contributed by atoms with Gasteiger partial charge in [0.25, 0.3) is 0 Å². The van der Waals surface area contributed by atoms with Crippen molar-refractivity contribution in [2.45, 2.75) is 33.6 Å². The van der Waals surface area contributed by atoms with Crippen molar-refractivity contribution in [3.63, 3.8) is 0 Å². The Morgan fingerprint density at radius 1 is 1.00 bits per heavy atom. The molecule has 0 fully saturated rings. The Kier molecular flexibility index (Phi) is 4.22. The highest BCUT2D eigenvalue weighted by molar-refractivity contribution is 5.73. The Balaban J connectivity index is 0.000000531. The zero-order valence-electron chi connectivity index (χ0n) is 9.86. The summed E-state index contributed by atoms with van der Waals surface area (Å²) in [5, 5.41) is 0. The molecular formula is C13H18N2. The first-order valence-corrected chi connectivity index (χ1v) is 5.49. The molecule has 0 atom stereocenters. The number of hydrogen-bond acceptors (Lipinski definition) is 2. The summed E-state index contributed by atoms with van der Waals surface area (Å²) in [6, 6.07) is 7.94. The number of benzene rings is 1. The van der Waals surface area contributed by atoms with E-state index in [0.717, 1.165) is 16.7 Å². The van der Waals surface area contributed by atoms with Crippen LogP contribution >= 0.6 is 0 Å². The third kappa shape index (κ3) is 2.75. The molecule has 1 aromatic carbocycles. The van der Waals surface area contributed by atoms with Crippen molar-refractivity contribution in [2.24, 2.45) is 0 Å². The highest BCUT2D eigenvalue weighted by atomic mass is 14.8. The number of nitrogens with zero attached hydrogens (tertiary/aromatic N) is 2. The fourth-order valence-corrected chi connectivity index (χ4v) is 1.25. The molecule has 2 nitrogen and oxygen atoms in total. The first kappa shape index (κ1) is 11.6. The van der Waals surface area contributed by atoms with Gasteiger partial charge in [-0.05, 0) is 18.1 Å². The van der Waals surface area contributed by atoms with Crippen LogP contribution in [0.25, 0.3) is 11.0 Å². The van der Waals surface area contributed by atoms with Gasteiger partial charge in [-0.15, -0.1) is 0 Å². The van der Waals surface area contributed by atoms with Crippen LogP contribution in [0.2, 0.25) is 0 Å². The van der Waals surface area contributed by atoms with Crippen LogP contribution in [0.4, 0.5) is 0 Å². The maximum Gasteiger partial charge on any atom is 0.0890 e. The normalized spacial score (nSPS) is 9.93. The summed E-state index contributed by atoms with van der Waals surface area (Å²) in [5.41, 5.74) is 3.00. The predicted molar refractivity (Wildman–Crippen MR) is 65.0 cm³/mol. The lowest BCUT2D eigenvalue weighted by atomic mass is 10.1. The molecule has 0 bridgehead atoms. The van der Waals surface area contributed by atoms with E-state index in [2.05, 4.69) is 23.8 Å². The molecule has 2 rings (SSSR count). The zero-order valence-corrected chi connectivity index (χ0v) is 9.86. The SMILES string of the molecule is CC.CC(C)c1cnc2ccccc2n1. The molecule has 0 amide bonds. The Bertz CT molecular complexity index is 422. The molecule has 2 heteroatoms. The number of fused-ring (bicyclic) bond motifs is 1. The fourth-order valence-electron chi connectivity index (χ4n) is 1.25. The molecule has 0 N–H and O–H groups in total. The third-order valence-corrected chi connectivity index (χ3v) is 2.06. The number of rotatable bonds is 1. The van der Waals surface area contributed by atoms with Crippen LogP contribution in [-0.4, -0.2) is 9.97 Å². The monoisotopic (exact) mass is 202 g/mol. The van der Waals surface area contributed by atoms with E-state index < -0.39 is 0 Å². The van der Waals surface area contributed by atoms with E-state index in [1.165, 1.54) is 0 Å². The Hall–Kier alpha value is -1.44. The van der Waals surface area contributed by atoms with E-state index >= 15 is 0 Å². The van der Waals surface area contributed by atoms with Gasteiger partial charge in [-0.25, -0.2) is 4.98 Å². The average molecular weight is 202 g/mol. The quantitative estimate of drug-likeness (QED) is 0.703. The largest absolute Gasteiger partial charge is 0.253 e. The molecule has 0 spiro atoms. The first-order chi connectivity index (χ1) is 7.27. The highest BCUT2D eigenvalue weighted by Gasteiger charge is 2.02. The van der Waals surface area contributed by atoms with Crippen LogP contribution in [0, 0.1) is 0 Å². The standard InChI is InChI=1S/C11H12N2.C2H6/c1-8(2)11-7-12-9-5-3-4-6-10(9)13-11;1-2/h3-8H,1-2H3;1-2H3. The molecule has 2 aromatic rings. The van der Waals surface area contributed by atoms with Crippen LogP contribution in [-0.2, 0) is 0 Å². The molecule has 0 saturated heterocycles. The van der Waals surface area contributed by atoms with E-state index in [1.54, 1.807) is 0 Å². The van der Waals surface area contributed by atoms with E-state index in [-0.39, 0.29) is 0 Å². The Morgan fingerprint density at radius 3 is 2.20 bits per heavy atom. The van der Waals surface area contributed by atoms with Gasteiger partial charge in [0.15, 0.2) is 0 Å². The van der Waals surface area contributed by atoms with Crippen LogP contribution in [0.1, 0.15) is 39.3 Å². The van der Waals surface area contributed by atoms with Gasteiger partial charge in [0.05, 0.1) is 16.7 Å². The van der Waals surface area contributed by atoms with Gasteiger partial charge in [0.1, 0.15) is 0 Å². The lowest BCUT2D eigenvalue weighted by molar-refractivity contribution is 0.822. The van der Waals surface area contributed by atoms with Crippen LogP contribution < -0.4 is 0 Å². The molecule has 0 unspecified atom stereocenters. The molecule has 1 aromatic heterocycles. The molecule has 80 valence electrons. The summed E-state index contributed by atoms with van der Waals surface area (Å²) < 4.78 is 0. The van der Waals surface area contributed by atoms with Crippen molar-refractivity contribution in [1.29, 1.82) is 0 Å². The van der Waals surface area contributed by atoms with Crippen molar-refractivity contribution in [1.82, 2.24) is 9.97 Å². The maximum absolute atomic E-state index is 4.51. The van der Waals surface area contributed by atoms with Gasteiger partial charge in [-0.1, -0.05) is 39.8 Å². The molecule has 1 heterocycles. The minimum Gasteiger partial charge on any atom is -0.253 e. The van der Waals surface area contributed by atoms with Crippen LogP contribution in [0.5, 0.6) is 0 Å². The molecule has 15 heavy (non-hydrogen) atoms. The number of hydrogen-bond donors (Lipinski definition) is 0. The summed E-state index contributed by atoms with van der Waals surface area (Å²) in [5.74, 6) is 0.442. The van der Waals surface area contributed by atoms with Crippen molar-refractivity contribution in [2.75, 3.05) is 0 Å². The van der Waals surface area contributed by atoms with Gasteiger partial charge in [0, 0.05) is 6.20 Å². The lowest BCUT2D eigenvalue weighted by Crippen LogP contribution is -1.94. The second kappa shape index (κ2) is 5.44. The second-order valence-electron chi connectivity index (χ2n) is 3.44. The molecule has 0 aliphatic heterocycles. The summed E-state index contributed by atoms with van der Waals surface area (Å²) in [6.45, 7) is 8.25. The van der Waals surface area contributed by atoms with Crippen molar-refractivity contribution in [3.8, 4) is 0 Å². The summed E-state index contributed by atoms with van der Waals surface area (Å²) in [4.78, 5) is 8.85. The maximum atomic E-state index is 4.51. The third-order valence-electron chi connectivity index (χ3n) is 2.06. The first-order valence-electron chi connectivity index (χ1n) is 5.49. The smallest absolute Gasteiger partial charge is 0.0890 e. The van der Waals surface area contributed by atoms with E-state index in [0.29, 0.717) is 5.92 Å². The Morgan fingerprint density at radius 2 is 1.60 bits per heavy atom. The van der Waals surface area contributed by atoms with Gasteiger partial charge in [-0.3, -0.25) is 4.98 Å². The predicted octanol–water partition coefficient (Wildman–Crippen LogP) is 3.78. The molecule has 0 aliphatic carbocycles. The number of aromatic nitrogens is 2. The highest BCUT2D eigenvalue weighted by Crippen LogP contribution is 2.14. The van der Waals surface area contributed by atoms with Crippen LogP contribution in [0.15, 0.2) is 30.5 Å². The van der Waals surface area contributed by atoms with E-state index in [1.807, 2.05) is 44.3 Å². The van der Waals surface area contributed by atoms with Crippen molar-refractivity contribution in [3.05, 3.63) is 36.2 Å². The minimum absolute atomic E-state index is 0.442. The molecule has 0 aliphatic rings. The fraction of sp³-hybridized carbons (Fsp3) is 0.385. The Labute approximate surface area is 91.4 Å². The average Bonchev–Trinajstić information content (AvgIpc) is 2.31. The van der Waals surface area contributed by atoms with Gasteiger partial charge in [-0.2, -0.15) is 0 Å². The lowest BCUT2D eigenvalue weighted by Gasteiger charge is -2.04. The summed E-state index contributed by atoms with van der Waals surface area (Å²) in [7, 11) is 0. The number of para-hydroxylation sites is 2. The van der Waals surface area contributed by atoms with Crippen LogP contribution in [0.3, 0.4) is 0 Å². The summed E-state index contributed by atoms with van der Waals surface area (Å²) >= 11 is 0. The van der Waals surface area contributed by atoms with Gasteiger partial charge in [0.2, 0.25) is 0 Å². The van der Waals surface area contributed by atoms with Gasteiger partial charge >= 0.3 is 0 Å². The minimum atomic E-state index is 0.442. The molecular weight excluding hydrogens is 184 g/mol.